The number of aryl methyl sites for hydroxylation is 2. The molecule has 0 bridgehead atoms. The quantitative estimate of drug-likeness (QED) is 0.753. The van der Waals surface area contributed by atoms with Gasteiger partial charge in [0, 0.05) is 51.9 Å². The van der Waals surface area contributed by atoms with Gasteiger partial charge < -0.3 is 19.9 Å². The lowest BCUT2D eigenvalue weighted by molar-refractivity contribution is 0.259. The second-order valence-electron chi connectivity index (χ2n) is 6.77. The number of aromatic nitrogens is 2. The number of nitrogens with one attached hydrogen (secondary N) is 1. The zero-order valence-corrected chi connectivity index (χ0v) is 16.3. The first-order valence-corrected chi connectivity index (χ1v) is 8.66. The second-order valence-corrected chi connectivity index (χ2v) is 6.77. The van der Waals surface area contributed by atoms with Gasteiger partial charge in [-0.3, -0.25) is 4.68 Å². The molecular formula is C19H31N5O. The number of hydrogen-bond donors (Lipinski definition) is 1. The van der Waals surface area contributed by atoms with Crippen molar-refractivity contribution in [2.24, 2.45) is 7.05 Å². The third-order valence-corrected chi connectivity index (χ3v) is 4.12. The number of para-hydroxylation sites is 1. The fourth-order valence-corrected chi connectivity index (χ4v) is 2.91. The van der Waals surface area contributed by atoms with Gasteiger partial charge in [0.2, 0.25) is 0 Å². The van der Waals surface area contributed by atoms with E-state index < -0.39 is 0 Å². The molecule has 0 atom stereocenters. The molecule has 0 spiro atoms. The number of rotatable bonds is 9. The summed E-state index contributed by atoms with van der Waals surface area (Å²) in [6.07, 6.45) is 0. The number of benzene rings is 1. The lowest BCUT2D eigenvalue weighted by Crippen LogP contribution is -2.21. The Balaban J connectivity index is 1.99. The SMILES string of the molecule is Cc1nn(C)c(N(C)C)c1CNCc1ccccc1OCCN(C)C. The van der Waals surface area contributed by atoms with Gasteiger partial charge in [-0.1, -0.05) is 18.2 Å². The minimum Gasteiger partial charge on any atom is -0.492 e. The highest BCUT2D eigenvalue weighted by atomic mass is 16.5. The lowest BCUT2D eigenvalue weighted by Gasteiger charge is -2.17. The third kappa shape index (κ3) is 5.21. The Labute approximate surface area is 151 Å². The van der Waals surface area contributed by atoms with E-state index in [1.165, 1.54) is 11.1 Å². The summed E-state index contributed by atoms with van der Waals surface area (Å²) in [6.45, 7) is 5.19. The maximum Gasteiger partial charge on any atom is 0.130 e. The van der Waals surface area contributed by atoms with E-state index >= 15 is 0 Å². The summed E-state index contributed by atoms with van der Waals surface area (Å²) in [7, 11) is 10.2. The predicted molar refractivity (Wildman–Crippen MR) is 103 cm³/mol. The molecule has 0 unspecified atom stereocenters. The first kappa shape index (κ1) is 19.3. The summed E-state index contributed by atoms with van der Waals surface area (Å²) in [5.74, 6) is 2.09. The molecule has 1 aromatic heterocycles. The van der Waals surface area contributed by atoms with Crippen molar-refractivity contribution in [3.8, 4) is 5.75 Å². The van der Waals surface area contributed by atoms with Crippen LogP contribution in [0.2, 0.25) is 0 Å². The van der Waals surface area contributed by atoms with Crippen molar-refractivity contribution < 1.29 is 4.74 Å². The topological polar surface area (TPSA) is 45.6 Å². The molecule has 138 valence electrons. The van der Waals surface area contributed by atoms with E-state index in [2.05, 4.69) is 53.4 Å². The van der Waals surface area contributed by atoms with Gasteiger partial charge >= 0.3 is 0 Å². The molecule has 0 saturated heterocycles. The summed E-state index contributed by atoms with van der Waals surface area (Å²) < 4.78 is 7.87. The Morgan fingerprint density at radius 3 is 2.52 bits per heavy atom. The molecule has 1 N–H and O–H groups in total. The number of ether oxygens (including phenoxy) is 1. The van der Waals surface area contributed by atoms with Crippen molar-refractivity contribution in [1.29, 1.82) is 0 Å². The molecular weight excluding hydrogens is 314 g/mol. The van der Waals surface area contributed by atoms with Crippen LogP contribution < -0.4 is 15.0 Å². The molecule has 0 aliphatic rings. The molecule has 6 nitrogen and oxygen atoms in total. The summed E-state index contributed by atoms with van der Waals surface area (Å²) >= 11 is 0. The molecule has 0 amide bonds. The number of nitrogens with zero attached hydrogens (tertiary/aromatic N) is 4. The van der Waals surface area contributed by atoms with Crippen molar-refractivity contribution in [2.45, 2.75) is 20.0 Å². The second kappa shape index (κ2) is 8.87. The van der Waals surface area contributed by atoms with Crippen molar-refractivity contribution in [2.75, 3.05) is 46.2 Å². The largest absolute Gasteiger partial charge is 0.492 e. The highest BCUT2D eigenvalue weighted by Gasteiger charge is 2.14. The highest BCUT2D eigenvalue weighted by molar-refractivity contribution is 5.48. The van der Waals surface area contributed by atoms with Crippen molar-refractivity contribution in [1.82, 2.24) is 20.0 Å². The van der Waals surface area contributed by atoms with Crippen LogP contribution >= 0.6 is 0 Å². The van der Waals surface area contributed by atoms with Gasteiger partial charge in [-0.15, -0.1) is 0 Å². The van der Waals surface area contributed by atoms with E-state index in [0.717, 1.165) is 36.9 Å². The average Bonchev–Trinajstić information content (AvgIpc) is 2.82. The molecule has 0 aliphatic carbocycles. The van der Waals surface area contributed by atoms with E-state index in [1.54, 1.807) is 0 Å². The molecule has 0 radical (unpaired) electrons. The van der Waals surface area contributed by atoms with E-state index in [9.17, 15) is 0 Å². The van der Waals surface area contributed by atoms with Gasteiger partial charge in [-0.2, -0.15) is 5.10 Å². The molecule has 25 heavy (non-hydrogen) atoms. The Hall–Kier alpha value is -2.05. The molecule has 1 aromatic carbocycles. The Bertz CT molecular complexity index is 678. The summed E-state index contributed by atoms with van der Waals surface area (Å²) in [4.78, 5) is 4.23. The maximum atomic E-state index is 5.93. The summed E-state index contributed by atoms with van der Waals surface area (Å²) in [5, 5.41) is 8.07. The minimum atomic E-state index is 0.691. The van der Waals surface area contributed by atoms with Crippen molar-refractivity contribution >= 4 is 5.82 Å². The first-order valence-electron chi connectivity index (χ1n) is 8.66. The minimum absolute atomic E-state index is 0.691. The molecule has 2 aromatic rings. The van der Waals surface area contributed by atoms with Crippen LogP contribution in [0.5, 0.6) is 5.75 Å². The zero-order valence-electron chi connectivity index (χ0n) is 16.3. The maximum absolute atomic E-state index is 5.93. The van der Waals surface area contributed by atoms with E-state index in [-0.39, 0.29) is 0 Å². The molecule has 0 saturated carbocycles. The lowest BCUT2D eigenvalue weighted by atomic mass is 10.2. The van der Waals surface area contributed by atoms with Crippen LogP contribution in [0.15, 0.2) is 24.3 Å². The number of hydrogen-bond acceptors (Lipinski definition) is 5. The van der Waals surface area contributed by atoms with E-state index in [0.29, 0.717) is 6.61 Å². The van der Waals surface area contributed by atoms with Gasteiger partial charge in [0.1, 0.15) is 18.2 Å². The normalized spacial score (nSPS) is 11.2. The molecule has 6 heteroatoms. The van der Waals surface area contributed by atoms with Gasteiger partial charge in [0.05, 0.1) is 5.69 Å². The standard InChI is InChI=1S/C19H31N5O/c1-15-17(19(23(4)5)24(6)21-15)14-20-13-16-9-7-8-10-18(16)25-12-11-22(2)3/h7-10,20H,11-14H2,1-6H3. The fraction of sp³-hybridized carbons (Fsp3) is 0.526. The van der Waals surface area contributed by atoms with Crippen LogP contribution in [-0.4, -0.2) is 56.0 Å². The average molecular weight is 345 g/mol. The van der Waals surface area contributed by atoms with Crippen molar-refractivity contribution in [3.05, 3.63) is 41.1 Å². The third-order valence-electron chi connectivity index (χ3n) is 4.12. The molecule has 0 fully saturated rings. The molecule has 2 rings (SSSR count). The van der Waals surface area contributed by atoms with Gasteiger partial charge in [-0.25, -0.2) is 0 Å². The highest BCUT2D eigenvalue weighted by Crippen LogP contribution is 2.22. The zero-order chi connectivity index (χ0) is 18.4. The summed E-state index contributed by atoms with van der Waals surface area (Å²) in [6, 6.07) is 8.22. The van der Waals surface area contributed by atoms with Crippen LogP contribution in [0, 0.1) is 6.92 Å². The van der Waals surface area contributed by atoms with E-state index in [4.69, 9.17) is 4.74 Å². The van der Waals surface area contributed by atoms with Gasteiger partial charge in [0.25, 0.3) is 0 Å². The molecule has 1 heterocycles. The van der Waals surface area contributed by atoms with Crippen LogP contribution in [0.25, 0.3) is 0 Å². The monoisotopic (exact) mass is 345 g/mol. The van der Waals surface area contributed by atoms with Gasteiger partial charge in [-0.05, 0) is 27.1 Å². The Morgan fingerprint density at radius 1 is 1.12 bits per heavy atom. The van der Waals surface area contributed by atoms with Crippen LogP contribution in [-0.2, 0) is 20.1 Å². The van der Waals surface area contributed by atoms with Crippen LogP contribution in [0.1, 0.15) is 16.8 Å². The number of likely N-dealkylation sites (N-methyl/N-ethyl adjacent to an activating group) is 1. The smallest absolute Gasteiger partial charge is 0.130 e. The van der Waals surface area contributed by atoms with Crippen LogP contribution in [0.3, 0.4) is 0 Å². The Morgan fingerprint density at radius 2 is 1.84 bits per heavy atom. The van der Waals surface area contributed by atoms with Crippen molar-refractivity contribution in [3.63, 3.8) is 0 Å². The number of anilines is 1. The molecule has 0 aliphatic heterocycles. The Kier molecular flexibility index (Phi) is 6.84. The van der Waals surface area contributed by atoms with Gasteiger partial charge in [0.15, 0.2) is 0 Å². The van der Waals surface area contributed by atoms with E-state index in [1.807, 2.05) is 38.0 Å². The summed E-state index contributed by atoms with van der Waals surface area (Å²) in [5.41, 5.74) is 3.47. The predicted octanol–water partition coefficient (Wildman–Crippen LogP) is 2.02. The van der Waals surface area contributed by atoms with Crippen LogP contribution in [0.4, 0.5) is 5.82 Å². The fourth-order valence-electron chi connectivity index (χ4n) is 2.91. The first-order chi connectivity index (χ1) is 11.9.